The van der Waals surface area contributed by atoms with Crippen molar-refractivity contribution in [3.8, 4) is 5.75 Å². The smallest absolute Gasteiger partial charge is 0.200 e. The molecule has 0 radical (unpaired) electrons. The van der Waals surface area contributed by atoms with Crippen molar-refractivity contribution in [1.29, 1.82) is 0 Å². The Morgan fingerprint density at radius 1 is 0.905 bits per heavy atom. The van der Waals surface area contributed by atoms with Gasteiger partial charge in [0, 0.05) is 11.8 Å². The quantitative estimate of drug-likeness (QED) is 0.384. The number of rotatable bonds is 2. The first-order valence-electron chi connectivity index (χ1n) is 5.68. The molecule has 0 saturated carbocycles. The molecular formula is C14H8F5NO. The summed E-state index contributed by atoms with van der Waals surface area (Å²) >= 11 is 0. The molecule has 0 amide bonds. The summed E-state index contributed by atoms with van der Waals surface area (Å²) in [6, 6.07) is 4.48. The fraction of sp³-hybridized carbons (Fsp3) is 0.0714. The van der Waals surface area contributed by atoms with Crippen molar-refractivity contribution in [2.75, 3.05) is 0 Å². The van der Waals surface area contributed by atoms with Gasteiger partial charge in [0.25, 0.3) is 0 Å². The van der Waals surface area contributed by atoms with Crippen LogP contribution in [0.5, 0.6) is 5.75 Å². The van der Waals surface area contributed by atoms with Gasteiger partial charge in [-0.15, -0.1) is 0 Å². The van der Waals surface area contributed by atoms with Crippen molar-refractivity contribution < 1.29 is 27.1 Å². The molecule has 0 heterocycles. The molecule has 110 valence electrons. The molecule has 0 aliphatic heterocycles. The third-order valence-corrected chi connectivity index (χ3v) is 2.79. The second-order valence-corrected chi connectivity index (χ2v) is 4.19. The van der Waals surface area contributed by atoms with Crippen LogP contribution in [0.2, 0.25) is 0 Å². The molecule has 0 atom stereocenters. The zero-order valence-corrected chi connectivity index (χ0v) is 10.6. The first-order chi connectivity index (χ1) is 9.84. The molecule has 7 heteroatoms. The summed E-state index contributed by atoms with van der Waals surface area (Å²) in [5.74, 6) is -10.7. The summed E-state index contributed by atoms with van der Waals surface area (Å²) in [6.07, 6.45) is 0.820. The molecule has 0 unspecified atom stereocenters. The Bertz CT molecular complexity index is 714. The molecule has 0 spiro atoms. The van der Waals surface area contributed by atoms with Crippen LogP contribution in [-0.4, -0.2) is 11.3 Å². The molecule has 0 saturated heterocycles. The standard InChI is InChI=1S/C14H8F5NO/c1-6-3-2-4-7(14(6)21)5-20-13-11(18)9(16)8(15)10(17)12(13)19/h2-5,21H,1H3. The van der Waals surface area contributed by atoms with Crippen LogP contribution in [0, 0.1) is 36.0 Å². The molecule has 2 nitrogen and oxygen atoms in total. The third-order valence-electron chi connectivity index (χ3n) is 2.79. The van der Waals surface area contributed by atoms with Gasteiger partial charge in [0.15, 0.2) is 23.3 Å². The maximum Gasteiger partial charge on any atom is 0.200 e. The number of aryl methyl sites for hydroxylation is 1. The number of halogens is 5. The Hall–Kier alpha value is -2.44. The number of aliphatic imine (C=N–C) groups is 1. The topological polar surface area (TPSA) is 32.6 Å². The van der Waals surface area contributed by atoms with Gasteiger partial charge in [-0.3, -0.25) is 0 Å². The minimum absolute atomic E-state index is 0.0824. The zero-order valence-electron chi connectivity index (χ0n) is 10.6. The van der Waals surface area contributed by atoms with E-state index in [-0.39, 0.29) is 11.3 Å². The SMILES string of the molecule is Cc1cccc(C=Nc2c(F)c(F)c(F)c(F)c2F)c1O. The predicted octanol–water partition coefficient (Wildman–Crippen LogP) is 4.15. The van der Waals surface area contributed by atoms with Crippen molar-refractivity contribution in [2.45, 2.75) is 6.92 Å². The van der Waals surface area contributed by atoms with Crippen LogP contribution in [0.1, 0.15) is 11.1 Å². The van der Waals surface area contributed by atoms with Crippen LogP contribution in [0.4, 0.5) is 27.6 Å². The Morgan fingerprint density at radius 2 is 1.43 bits per heavy atom. The molecule has 0 fully saturated rings. The molecular weight excluding hydrogens is 293 g/mol. The second-order valence-electron chi connectivity index (χ2n) is 4.19. The zero-order chi connectivity index (χ0) is 15.7. The van der Waals surface area contributed by atoms with E-state index in [2.05, 4.69) is 4.99 Å². The van der Waals surface area contributed by atoms with E-state index in [0.29, 0.717) is 5.56 Å². The van der Waals surface area contributed by atoms with Crippen molar-refractivity contribution >= 4 is 11.9 Å². The fourth-order valence-corrected chi connectivity index (χ4v) is 1.63. The number of para-hydroxylation sites is 1. The summed E-state index contributed by atoms with van der Waals surface area (Å²) in [4.78, 5) is 3.26. The Labute approximate surface area is 116 Å². The lowest BCUT2D eigenvalue weighted by atomic mass is 10.1. The number of hydrogen-bond acceptors (Lipinski definition) is 2. The minimum atomic E-state index is -2.25. The van der Waals surface area contributed by atoms with E-state index in [9.17, 15) is 27.1 Å². The van der Waals surface area contributed by atoms with Crippen molar-refractivity contribution in [3.63, 3.8) is 0 Å². The molecule has 0 aliphatic carbocycles. The molecule has 0 aromatic heterocycles. The van der Waals surface area contributed by atoms with Crippen LogP contribution in [0.15, 0.2) is 23.2 Å². The lowest BCUT2D eigenvalue weighted by Gasteiger charge is -2.05. The first kappa shape index (κ1) is 15.0. The lowest BCUT2D eigenvalue weighted by Crippen LogP contribution is -2.01. The predicted molar refractivity (Wildman–Crippen MR) is 66.3 cm³/mol. The summed E-state index contributed by atoms with van der Waals surface area (Å²) < 4.78 is 65.6. The van der Waals surface area contributed by atoms with Gasteiger partial charge in [-0.2, -0.15) is 0 Å². The summed E-state index contributed by atoms with van der Waals surface area (Å²) in [7, 11) is 0. The van der Waals surface area contributed by atoms with E-state index in [1.54, 1.807) is 13.0 Å². The number of benzene rings is 2. The molecule has 0 bridgehead atoms. The first-order valence-corrected chi connectivity index (χ1v) is 5.68. The van der Waals surface area contributed by atoms with Crippen LogP contribution in [0.25, 0.3) is 0 Å². The monoisotopic (exact) mass is 301 g/mol. The van der Waals surface area contributed by atoms with Gasteiger partial charge in [-0.1, -0.05) is 12.1 Å². The van der Waals surface area contributed by atoms with Gasteiger partial charge in [0.2, 0.25) is 5.82 Å². The Kier molecular flexibility index (Phi) is 3.93. The lowest BCUT2D eigenvalue weighted by molar-refractivity contribution is 0.381. The van der Waals surface area contributed by atoms with E-state index < -0.39 is 34.8 Å². The van der Waals surface area contributed by atoms with Crippen molar-refractivity contribution in [2.24, 2.45) is 4.99 Å². The highest BCUT2D eigenvalue weighted by molar-refractivity contribution is 5.86. The minimum Gasteiger partial charge on any atom is -0.507 e. The molecule has 0 aliphatic rings. The largest absolute Gasteiger partial charge is 0.507 e. The van der Waals surface area contributed by atoms with Gasteiger partial charge < -0.3 is 5.11 Å². The Balaban J connectivity index is 2.54. The highest BCUT2D eigenvalue weighted by atomic mass is 19.2. The van der Waals surface area contributed by atoms with E-state index in [0.717, 1.165) is 6.21 Å². The summed E-state index contributed by atoms with van der Waals surface area (Å²) in [5, 5.41) is 9.68. The average Bonchev–Trinajstić information content (AvgIpc) is 2.47. The number of phenols is 1. The normalized spacial score (nSPS) is 11.3. The van der Waals surface area contributed by atoms with Crippen molar-refractivity contribution in [1.82, 2.24) is 0 Å². The second kappa shape index (κ2) is 5.51. The number of phenolic OH excluding ortho intramolecular Hbond substituents is 1. The molecule has 1 N–H and O–H groups in total. The number of aromatic hydroxyl groups is 1. The molecule has 2 aromatic carbocycles. The van der Waals surface area contributed by atoms with Crippen LogP contribution >= 0.6 is 0 Å². The van der Waals surface area contributed by atoms with E-state index >= 15 is 0 Å². The van der Waals surface area contributed by atoms with Gasteiger partial charge in [0.1, 0.15) is 11.4 Å². The number of hydrogen-bond donors (Lipinski definition) is 1. The summed E-state index contributed by atoms with van der Waals surface area (Å²) in [6.45, 7) is 1.57. The van der Waals surface area contributed by atoms with E-state index in [1.165, 1.54) is 12.1 Å². The van der Waals surface area contributed by atoms with Gasteiger partial charge in [-0.05, 0) is 18.6 Å². The number of nitrogens with zero attached hydrogens (tertiary/aromatic N) is 1. The highest BCUT2D eigenvalue weighted by Gasteiger charge is 2.25. The van der Waals surface area contributed by atoms with Gasteiger partial charge in [0.05, 0.1) is 0 Å². The highest BCUT2D eigenvalue weighted by Crippen LogP contribution is 2.30. The van der Waals surface area contributed by atoms with Crippen molar-refractivity contribution in [3.05, 3.63) is 58.4 Å². The van der Waals surface area contributed by atoms with Crippen LogP contribution < -0.4 is 0 Å². The Morgan fingerprint density at radius 3 is 2.00 bits per heavy atom. The third kappa shape index (κ3) is 2.58. The van der Waals surface area contributed by atoms with E-state index in [1.807, 2.05) is 0 Å². The average molecular weight is 301 g/mol. The molecule has 21 heavy (non-hydrogen) atoms. The summed E-state index contributed by atoms with van der Waals surface area (Å²) in [5.41, 5.74) is -0.761. The molecule has 2 aromatic rings. The van der Waals surface area contributed by atoms with Crippen LogP contribution in [0.3, 0.4) is 0 Å². The van der Waals surface area contributed by atoms with E-state index in [4.69, 9.17) is 0 Å². The van der Waals surface area contributed by atoms with Gasteiger partial charge >= 0.3 is 0 Å². The van der Waals surface area contributed by atoms with Crippen LogP contribution in [-0.2, 0) is 0 Å². The molecule has 2 rings (SSSR count). The maximum absolute atomic E-state index is 13.4. The maximum atomic E-state index is 13.4. The van der Waals surface area contributed by atoms with Gasteiger partial charge in [-0.25, -0.2) is 26.9 Å². The fourth-order valence-electron chi connectivity index (χ4n) is 1.63.